The summed E-state index contributed by atoms with van der Waals surface area (Å²) in [4.78, 5) is 29.2. The minimum atomic E-state index is -0.782. The summed E-state index contributed by atoms with van der Waals surface area (Å²) < 4.78 is 14.8. The second kappa shape index (κ2) is 9.28. The number of H-pyrrole nitrogens is 1. The van der Waals surface area contributed by atoms with Gasteiger partial charge in [0.2, 0.25) is 5.91 Å². The van der Waals surface area contributed by atoms with E-state index in [2.05, 4.69) is 20.7 Å². The van der Waals surface area contributed by atoms with Gasteiger partial charge in [0.1, 0.15) is 11.9 Å². The number of rotatable bonds is 7. The van der Waals surface area contributed by atoms with Crippen LogP contribution < -0.4 is 10.6 Å². The van der Waals surface area contributed by atoms with Crippen LogP contribution in [0.4, 0.5) is 4.39 Å². The highest BCUT2D eigenvalue weighted by molar-refractivity contribution is 5.97. The molecular formula is C25H26FN5O2. The number of nitrogens with zero attached hydrogens (tertiary/aromatic N) is 2. The Morgan fingerprint density at radius 2 is 1.82 bits per heavy atom. The molecule has 2 aromatic carbocycles. The number of hydrogen-bond acceptors (Lipinski definition) is 3. The number of fused-ring (bicyclic) bond motifs is 1. The van der Waals surface area contributed by atoms with Gasteiger partial charge in [0, 0.05) is 36.6 Å². The molecule has 0 aliphatic heterocycles. The van der Waals surface area contributed by atoms with Crippen molar-refractivity contribution in [3.8, 4) is 11.3 Å². The van der Waals surface area contributed by atoms with E-state index >= 15 is 0 Å². The second-order valence-electron chi connectivity index (χ2n) is 8.30. The third-order valence-corrected chi connectivity index (χ3v) is 5.40. The molecule has 2 amide bonds. The first-order chi connectivity index (χ1) is 15.8. The van der Waals surface area contributed by atoms with Gasteiger partial charge in [0.05, 0.1) is 5.69 Å². The Kier molecular flexibility index (Phi) is 6.26. The first-order valence-electron chi connectivity index (χ1n) is 10.8. The number of aryl methyl sites for hydroxylation is 1. The number of aromatic amines is 1. The van der Waals surface area contributed by atoms with Crippen molar-refractivity contribution in [2.75, 3.05) is 0 Å². The van der Waals surface area contributed by atoms with Gasteiger partial charge in [-0.1, -0.05) is 18.2 Å². The van der Waals surface area contributed by atoms with E-state index in [1.54, 1.807) is 29.9 Å². The molecule has 1 atom stereocenters. The molecule has 4 aromatic rings. The quantitative estimate of drug-likeness (QED) is 0.404. The predicted octanol–water partition coefficient (Wildman–Crippen LogP) is 3.57. The molecule has 2 aromatic heterocycles. The highest BCUT2D eigenvalue weighted by atomic mass is 19.1. The van der Waals surface area contributed by atoms with E-state index < -0.39 is 11.9 Å². The smallest absolute Gasteiger partial charge is 0.272 e. The Balaban J connectivity index is 1.58. The molecule has 0 fully saturated rings. The minimum absolute atomic E-state index is 0.0696. The SMILES string of the molecule is CC(C)NC(=O)C(Cc1c[nH]c2ccccc12)NC(=O)c1cc(-c2ccc(F)cc2)n(C)n1. The van der Waals surface area contributed by atoms with Crippen molar-refractivity contribution in [1.29, 1.82) is 0 Å². The number of aromatic nitrogens is 3. The summed E-state index contributed by atoms with van der Waals surface area (Å²) in [6, 6.07) is 14.6. The highest BCUT2D eigenvalue weighted by Crippen LogP contribution is 2.21. The fraction of sp³-hybridized carbons (Fsp3) is 0.240. The number of nitrogens with one attached hydrogen (secondary N) is 3. The average molecular weight is 448 g/mol. The Hall–Kier alpha value is -3.94. The van der Waals surface area contributed by atoms with E-state index in [1.165, 1.54) is 12.1 Å². The molecule has 33 heavy (non-hydrogen) atoms. The number of carbonyl (C=O) groups is 2. The summed E-state index contributed by atoms with van der Waals surface area (Å²) in [7, 11) is 1.71. The van der Waals surface area contributed by atoms with E-state index in [-0.39, 0.29) is 23.5 Å². The highest BCUT2D eigenvalue weighted by Gasteiger charge is 2.25. The van der Waals surface area contributed by atoms with Crippen LogP contribution in [0.15, 0.2) is 60.8 Å². The molecule has 0 bridgehead atoms. The fourth-order valence-corrected chi connectivity index (χ4v) is 3.82. The lowest BCUT2D eigenvalue weighted by atomic mass is 10.0. The van der Waals surface area contributed by atoms with Crippen LogP contribution in [0.2, 0.25) is 0 Å². The van der Waals surface area contributed by atoms with Gasteiger partial charge < -0.3 is 15.6 Å². The van der Waals surface area contributed by atoms with Crippen LogP contribution >= 0.6 is 0 Å². The maximum absolute atomic E-state index is 13.3. The standard InChI is InChI=1S/C25H26FN5O2/c1-15(2)28-24(32)21(12-17-14-27-20-7-5-4-6-19(17)20)29-25(33)22-13-23(31(3)30-22)16-8-10-18(26)11-9-16/h4-11,13-15,21,27H,12H2,1-3H3,(H,28,32)(H,29,33). The molecule has 3 N–H and O–H groups in total. The molecule has 7 nitrogen and oxygen atoms in total. The summed E-state index contributed by atoms with van der Waals surface area (Å²) in [5.74, 6) is -1.06. The number of benzene rings is 2. The van der Waals surface area contributed by atoms with Crippen molar-refractivity contribution in [3.05, 3.63) is 77.9 Å². The maximum atomic E-state index is 13.3. The van der Waals surface area contributed by atoms with Crippen LogP contribution in [-0.4, -0.2) is 38.7 Å². The van der Waals surface area contributed by atoms with Crippen LogP contribution in [-0.2, 0) is 18.3 Å². The zero-order valence-corrected chi connectivity index (χ0v) is 18.7. The van der Waals surface area contributed by atoms with Gasteiger partial charge >= 0.3 is 0 Å². The van der Waals surface area contributed by atoms with Gasteiger partial charge in [-0.3, -0.25) is 14.3 Å². The predicted molar refractivity (Wildman–Crippen MR) is 125 cm³/mol. The second-order valence-corrected chi connectivity index (χ2v) is 8.30. The molecule has 0 spiro atoms. The molecule has 170 valence electrons. The molecule has 1 unspecified atom stereocenters. The van der Waals surface area contributed by atoms with Gasteiger partial charge in [-0.25, -0.2) is 4.39 Å². The van der Waals surface area contributed by atoms with Crippen LogP contribution in [0.5, 0.6) is 0 Å². The summed E-state index contributed by atoms with van der Waals surface area (Å²) in [5.41, 5.74) is 3.48. The van der Waals surface area contributed by atoms with Crippen molar-refractivity contribution >= 4 is 22.7 Å². The normalized spacial score (nSPS) is 12.2. The Morgan fingerprint density at radius 3 is 2.55 bits per heavy atom. The lowest BCUT2D eigenvalue weighted by Crippen LogP contribution is -2.49. The lowest BCUT2D eigenvalue weighted by molar-refractivity contribution is -0.123. The third-order valence-electron chi connectivity index (χ3n) is 5.40. The van der Waals surface area contributed by atoms with Crippen molar-refractivity contribution < 1.29 is 14.0 Å². The molecule has 0 saturated heterocycles. The number of para-hydroxylation sites is 1. The lowest BCUT2D eigenvalue weighted by Gasteiger charge is -2.19. The van der Waals surface area contributed by atoms with Crippen LogP contribution in [0.25, 0.3) is 22.2 Å². The number of halogens is 1. The van der Waals surface area contributed by atoms with E-state index in [0.717, 1.165) is 22.0 Å². The van der Waals surface area contributed by atoms with Gasteiger partial charge in [0.25, 0.3) is 5.91 Å². The van der Waals surface area contributed by atoms with E-state index in [0.29, 0.717) is 12.1 Å². The van der Waals surface area contributed by atoms with Crippen LogP contribution in [0.1, 0.15) is 29.9 Å². The zero-order chi connectivity index (χ0) is 23.5. The van der Waals surface area contributed by atoms with Gasteiger partial charge in [-0.2, -0.15) is 5.10 Å². The molecule has 0 saturated carbocycles. The summed E-state index contributed by atoms with van der Waals surface area (Å²) in [5, 5.41) is 11.0. The Bertz CT molecular complexity index is 1290. The monoisotopic (exact) mass is 447 g/mol. The first kappa shape index (κ1) is 22.3. The molecule has 8 heteroatoms. The summed E-state index contributed by atoms with van der Waals surface area (Å²) in [6.07, 6.45) is 2.19. The van der Waals surface area contributed by atoms with Gasteiger partial charge in [0.15, 0.2) is 5.69 Å². The minimum Gasteiger partial charge on any atom is -0.361 e. The van der Waals surface area contributed by atoms with Gasteiger partial charge in [-0.15, -0.1) is 0 Å². The maximum Gasteiger partial charge on any atom is 0.272 e. The van der Waals surface area contributed by atoms with Crippen molar-refractivity contribution in [3.63, 3.8) is 0 Å². The molecule has 0 radical (unpaired) electrons. The Morgan fingerprint density at radius 1 is 1.09 bits per heavy atom. The molecule has 2 heterocycles. The first-order valence-corrected chi connectivity index (χ1v) is 10.8. The van der Waals surface area contributed by atoms with Crippen LogP contribution in [0.3, 0.4) is 0 Å². The average Bonchev–Trinajstić information content (AvgIpc) is 3.37. The topological polar surface area (TPSA) is 91.8 Å². The largest absolute Gasteiger partial charge is 0.361 e. The fourth-order valence-electron chi connectivity index (χ4n) is 3.82. The van der Waals surface area contributed by atoms with Gasteiger partial charge in [-0.05, 0) is 61.4 Å². The summed E-state index contributed by atoms with van der Waals surface area (Å²) in [6.45, 7) is 3.74. The zero-order valence-electron chi connectivity index (χ0n) is 18.7. The summed E-state index contributed by atoms with van der Waals surface area (Å²) >= 11 is 0. The van der Waals surface area contributed by atoms with E-state index in [1.807, 2.05) is 44.3 Å². The Labute approximate surface area is 191 Å². The number of hydrogen-bond donors (Lipinski definition) is 3. The third kappa shape index (κ3) is 4.95. The van der Waals surface area contributed by atoms with Crippen molar-refractivity contribution in [2.24, 2.45) is 7.05 Å². The number of carbonyl (C=O) groups excluding carboxylic acids is 2. The van der Waals surface area contributed by atoms with Crippen LogP contribution in [0, 0.1) is 5.82 Å². The number of amides is 2. The molecular weight excluding hydrogens is 421 g/mol. The van der Waals surface area contributed by atoms with Crippen molar-refractivity contribution in [2.45, 2.75) is 32.4 Å². The van der Waals surface area contributed by atoms with E-state index in [4.69, 9.17) is 0 Å². The van der Waals surface area contributed by atoms with Crippen molar-refractivity contribution in [1.82, 2.24) is 25.4 Å². The molecule has 0 aliphatic rings. The molecule has 4 rings (SSSR count). The van der Waals surface area contributed by atoms with E-state index in [9.17, 15) is 14.0 Å². The molecule has 0 aliphatic carbocycles.